The van der Waals surface area contributed by atoms with Gasteiger partial charge in [0.15, 0.2) is 5.96 Å². The maximum atomic E-state index is 5.81. The zero-order valence-electron chi connectivity index (χ0n) is 9.90. The van der Waals surface area contributed by atoms with Gasteiger partial charge in [0.25, 0.3) is 0 Å². The molecule has 1 aliphatic carbocycles. The van der Waals surface area contributed by atoms with E-state index in [1.54, 1.807) is 0 Å². The Kier molecular flexibility index (Phi) is 2.72. The van der Waals surface area contributed by atoms with Crippen LogP contribution in [-0.2, 0) is 0 Å². The molecule has 3 unspecified atom stereocenters. The normalized spacial score (nSPS) is 36.5. The first-order valence-corrected chi connectivity index (χ1v) is 5.78. The standard InChI is InChI=1S/C12H21N3/c1-8-4-9(2)6-10(5-8)11-7-14-12(13)15(11)3/h4,8,10-11H,5-7H2,1-3H3,(H2,13,14). The quantitative estimate of drug-likeness (QED) is 0.664. The van der Waals surface area contributed by atoms with Crippen molar-refractivity contribution in [2.45, 2.75) is 32.7 Å². The van der Waals surface area contributed by atoms with Crippen molar-refractivity contribution < 1.29 is 0 Å². The fourth-order valence-electron chi connectivity index (χ4n) is 2.95. The molecule has 3 atom stereocenters. The van der Waals surface area contributed by atoms with Crippen molar-refractivity contribution in [3.63, 3.8) is 0 Å². The lowest BCUT2D eigenvalue weighted by molar-refractivity contribution is 0.243. The Morgan fingerprint density at radius 2 is 2.27 bits per heavy atom. The first kappa shape index (κ1) is 10.5. The Morgan fingerprint density at radius 1 is 1.53 bits per heavy atom. The van der Waals surface area contributed by atoms with Gasteiger partial charge >= 0.3 is 0 Å². The third kappa shape index (κ3) is 2.01. The number of nitrogens with zero attached hydrogens (tertiary/aromatic N) is 2. The molecule has 0 spiro atoms. The fourth-order valence-corrected chi connectivity index (χ4v) is 2.95. The number of hydrogen-bond acceptors (Lipinski definition) is 3. The highest BCUT2D eigenvalue weighted by Crippen LogP contribution is 2.33. The Labute approximate surface area is 92.0 Å². The lowest BCUT2D eigenvalue weighted by Gasteiger charge is -2.34. The Morgan fingerprint density at radius 3 is 2.80 bits per heavy atom. The molecule has 2 N–H and O–H groups in total. The molecule has 2 rings (SSSR count). The molecule has 3 nitrogen and oxygen atoms in total. The molecular weight excluding hydrogens is 186 g/mol. The van der Waals surface area contributed by atoms with Gasteiger partial charge in [-0.1, -0.05) is 18.6 Å². The SMILES string of the molecule is CC1=CC(C)CC(C2CN=C(N)N2C)C1. The molecule has 0 amide bonds. The van der Waals surface area contributed by atoms with Crippen LogP contribution in [0.5, 0.6) is 0 Å². The number of aliphatic imine (C=N–C) groups is 1. The summed E-state index contributed by atoms with van der Waals surface area (Å²) < 4.78 is 0. The number of guanidine groups is 1. The summed E-state index contributed by atoms with van der Waals surface area (Å²) in [5, 5.41) is 0. The number of nitrogens with two attached hydrogens (primary N) is 1. The third-order valence-electron chi connectivity index (χ3n) is 3.67. The van der Waals surface area contributed by atoms with E-state index in [1.165, 1.54) is 18.4 Å². The molecule has 0 aromatic heterocycles. The van der Waals surface area contributed by atoms with Crippen LogP contribution in [0.2, 0.25) is 0 Å². The molecule has 0 saturated heterocycles. The number of hydrogen-bond donors (Lipinski definition) is 1. The minimum absolute atomic E-state index is 0.524. The smallest absolute Gasteiger partial charge is 0.191 e. The largest absolute Gasteiger partial charge is 0.370 e. The first-order chi connectivity index (χ1) is 7.08. The van der Waals surface area contributed by atoms with E-state index in [-0.39, 0.29) is 0 Å². The average molecular weight is 207 g/mol. The van der Waals surface area contributed by atoms with Crippen LogP contribution in [0.25, 0.3) is 0 Å². The Bertz CT molecular complexity index is 306. The maximum Gasteiger partial charge on any atom is 0.191 e. The van der Waals surface area contributed by atoms with Crippen LogP contribution >= 0.6 is 0 Å². The van der Waals surface area contributed by atoms with Crippen molar-refractivity contribution in [3.8, 4) is 0 Å². The summed E-state index contributed by atoms with van der Waals surface area (Å²) in [6, 6.07) is 0.524. The van der Waals surface area contributed by atoms with E-state index in [0.29, 0.717) is 17.9 Å². The predicted molar refractivity (Wildman–Crippen MR) is 63.7 cm³/mol. The second-order valence-corrected chi connectivity index (χ2v) is 5.07. The second-order valence-electron chi connectivity index (χ2n) is 5.07. The number of rotatable bonds is 1. The highest BCUT2D eigenvalue weighted by Gasteiger charge is 2.32. The topological polar surface area (TPSA) is 41.6 Å². The van der Waals surface area contributed by atoms with Gasteiger partial charge in [-0.3, -0.25) is 4.99 Å². The number of allylic oxidation sites excluding steroid dienone is 2. The summed E-state index contributed by atoms with van der Waals surface area (Å²) in [5.74, 6) is 2.14. The molecule has 0 bridgehead atoms. The maximum absolute atomic E-state index is 5.81. The van der Waals surface area contributed by atoms with E-state index >= 15 is 0 Å². The molecule has 0 fully saturated rings. The number of likely N-dealkylation sites (N-methyl/N-ethyl adjacent to an activating group) is 1. The van der Waals surface area contributed by atoms with Crippen molar-refractivity contribution in [2.75, 3.05) is 13.6 Å². The van der Waals surface area contributed by atoms with Gasteiger partial charge in [-0.25, -0.2) is 0 Å². The van der Waals surface area contributed by atoms with E-state index in [0.717, 1.165) is 12.5 Å². The van der Waals surface area contributed by atoms with Crippen molar-refractivity contribution in [1.29, 1.82) is 0 Å². The molecule has 0 aromatic carbocycles. The van der Waals surface area contributed by atoms with Crippen molar-refractivity contribution in [3.05, 3.63) is 11.6 Å². The molecule has 1 heterocycles. The lowest BCUT2D eigenvalue weighted by Crippen LogP contribution is -2.42. The van der Waals surface area contributed by atoms with Crippen molar-refractivity contribution in [2.24, 2.45) is 22.6 Å². The summed E-state index contributed by atoms with van der Waals surface area (Å²) >= 11 is 0. The zero-order chi connectivity index (χ0) is 11.0. The van der Waals surface area contributed by atoms with Crippen LogP contribution in [0.4, 0.5) is 0 Å². The summed E-state index contributed by atoms with van der Waals surface area (Å²) in [6.07, 6.45) is 4.88. The molecule has 0 radical (unpaired) electrons. The van der Waals surface area contributed by atoms with Gasteiger partial charge in [0.05, 0.1) is 12.6 Å². The van der Waals surface area contributed by atoms with Crippen LogP contribution < -0.4 is 5.73 Å². The van der Waals surface area contributed by atoms with Crippen molar-refractivity contribution >= 4 is 5.96 Å². The van der Waals surface area contributed by atoms with Gasteiger partial charge in [0.2, 0.25) is 0 Å². The van der Waals surface area contributed by atoms with Gasteiger partial charge < -0.3 is 10.6 Å². The average Bonchev–Trinajstić information content (AvgIpc) is 2.46. The van der Waals surface area contributed by atoms with Crippen LogP contribution in [0.1, 0.15) is 26.7 Å². The van der Waals surface area contributed by atoms with E-state index in [1.807, 2.05) is 0 Å². The van der Waals surface area contributed by atoms with E-state index in [2.05, 4.69) is 36.9 Å². The minimum atomic E-state index is 0.524. The third-order valence-corrected chi connectivity index (χ3v) is 3.67. The Balaban J connectivity index is 2.05. The minimum Gasteiger partial charge on any atom is -0.370 e. The Hall–Kier alpha value is -0.990. The molecule has 0 aromatic rings. The summed E-state index contributed by atoms with van der Waals surface area (Å²) in [4.78, 5) is 6.47. The molecule has 2 aliphatic rings. The summed E-state index contributed by atoms with van der Waals surface area (Å²) in [6.45, 7) is 5.42. The van der Waals surface area contributed by atoms with Gasteiger partial charge in [-0.2, -0.15) is 0 Å². The van der Waals surface area contributed by atoms with Crippen molar-refractivity contribution in [1.82, 2.24) is 4.90 Å². The van der Waals surface area contributed by atoms with Gasteiger partial charge in [-0.15, -0.1) is 0 Å². The molecular formula is C12H21N3. The lowest BCUT2D eigenvalue weighted by atomic mass is 9.79. The molecule has 1 aliphatic heterocycles. The van der Waals surface area contributed by atoms with Crippen LogP contribution in [0, 0.1) is 11.8 Å². The molecule has 84 valence electrons. The van der Waals surface area contributed by atoms with Crippen LogP contribution in [0.15, 0.2) is 16.6 Å². The van der Waals surface area contributed by atoms with Gasteiger partial charge in [-0.05, 0) is 31.6 Å². The van der Waals surface area contributed by atoms with Crippen LogP contribution in [-0.4, -0.2) is 30.5 Å². The van der Waals surface area contributed by atoms with Crippen LogP contribution in [0.3, 0.4) is 0 Å². The van der Waals surface area contributed by atoms with Gasteiger partial charge in [0.1, 0.15) is 0 Å². The van der Waals surface area contributed by atoms with E-state index in [9.17, 15) is 0 Å². The zero-order valence-corrected chi connectivity index (χ0v) is 9.90. The monoisotopic (exact) mass is 207 g/mol. The summed E-state index contributed by atoms with van der Waals surface area (Å²) in [5.41, 5.74) is 7.33. The van der Waals surface area contributed by atoms with E-state index in [4.69, 9.17) is 5.73 Å². The highest BCUT2D eigenvalue weighted by atomic mass is 15.3. The molecule has 15 heavy (non-hydrogen) atoms. The highest BCUT2D eigenvalue weighted by molar-refractivity contribution is 5.79. The first-order valence-electron chi connectivity index (χ1n) is 5.78. The van der Waals surface area contributed by atoms with Gasteiger partial charge in [0, 0.05) is 7.05 Å². The predicted octanol–water partition coefficient (Wildman–Crippen LogP) is 1.61. The second kappa shape index (κ2) is 3.87. The van der Waals surface area contributed by atoms with E-state index < -0.39 is 0 Å². The fraction of sp³-hybridized carbons (Fsp3) is 0.750. The summed E-state index contributed by atoms with van der Waals surface area (Å²) in [7, 11) is 2.06. The molecule has 3 heteroatoms. The molecule has 0 saturated carbocycles.